The number of nitrogens with zero attached hydrogens (tertiary/aromatic N) is 1. The molecule has 0 aromatic carbocycles. The van der Waals surface area contributed by atoms with Crippen molar-refractivity contribution >= 4 is 11.9 Å². The third kappa shape index (κ3) is 2.36. The zero-order valence-corrected chi connectivity index (χ0v) is 8.81. The maximum absolute atomic E-state index is 11.4. The van der Waals surface area contributed by atoms with E-state index < -0.39 is 5.91 Å². The van der Waals surface area contributed by atoms with Crippen molar-refractivity contribution in [2.75, 3.05) is 13.7 Å². The van der Waals surface area contributed by atoms with Gasteiger partial charge < -0.3 is 10.5 Å². The van der Waals surface area contributed by atoms with E-state index in [1.807, 2.05) is 0 Å². The summed E-state index contributed by atoms with van der Waals surface area (Å²) in [6.45, 7) is 4.06. The fraction of sp³-hybridized carbons (Fsp3) is 0.600. The molecule has 1 amide bonds. The van der Waals surface area contributed by atoms with Gasteiger partial charge in [0.25, 0.3) is 0 Å². The van der Waals surface area contributed by atoms with Gasteiger partial charge >= 0.3 is 5.97 Å². The number of nitrogens with two attached hydrogens (primary N) is 1. The van der Waals surface area contributed by atoms with E-state index in [1.54, 1.807) is 11.0 Å². The second-order valence-electron chi connectivity index (χ2n) is 3.52. The van der Waals surface area contributed by atoms with Crippen LogP contribution in [0, 0.1) is 0 Å². The summed E-state index contributed by atoms with van der Waals surface area (Å²) in [4.78, 5) is 24.3. The predicted molar refractivity (Wildman–Crippen MR) is 54.9 cm³/mol. The van der Waals surface area contributed by atoms with E-state index in [1.165, 1.54) is 7.11 Å². The molecule has 5 nitrogen and oxygen atoms in total. The number of esters is 1. The Morgan fingerprint density at radius 1 is 1.53 bits per heavy atom. The minimum Gasteiger partial charge on any atom is -0.468 e. The van der Waals surface area contributed by atoms with Crippen molar-refractivity contribution in [3.63, 3.8) is 0 Å². The number of carbonyl (C=O) groups excluding carboxylic acids is 2. The molecule has 2 atom stereocenters. The fourth-order valence-corrected chi connectivity index (χ4v) is 1.96. The maximum Gasteiger partial charge on any atom is 0.323 e. The third-order valence-electron chi connectivity index (χ3n) is 2.66. The molecular formula is C10H16N2O3. The first kappa shape index (κ1) is 11.7. The minimum absolute atomic E-state index is 0.319. The average molecular weight is 212 g/mol. The molecule has 0 aromatic heterocycles. The lowest BCUT2D eigenvalue weighted by Crippen LogP contribution is -2.46. The molecule has 0 radical (unpaired) electrons. The molecule has 1 heterocycles. The first-order valence-corrected chi connectivity index (χ1v) is 4.85. The summed E-state index contributed by atoms with van der Waals surface area (Å²) in [5.74, 6) is -0.719. The van der Waals surface area contributed by atoms with E-state index in [9.17, 15) is 9.59 Å². The van der Waals surface area contributed by atoms with Gasteiger partial charge in [0.1, 0.15) is 6.04 Å². The molecule has 1 saturated heterocycles. The van der Waals surface area contributed by atoms with Crippen molar-refractivity contribution < 1.29 is 14.3 Å². The van der Waals surface area contributed by atoms with Crippen molar-refractivity contribution in [1.29, 1.82) is 0 Å². The van der Waals surface area contributed by atoms with Crippen LogP contribution in [0.2, 0.25) is 0 Å². The molecule has 0 aliphatic carbocycles. The highest BCUT2D eigenvalue weighted by atomic mass is 16.5. The number of likely N-dealkylation sites (tertiary alicyclic amines) is 1. The van der Waals surface area contributed by atoms with E-state index in [0.29, 0.717) is 19.4 Å². The van der Waals surface area contributed by atoms with E-state index in [0.717, 1.165) is 0 Å². The van der Waals surface area contributed by atoms with Crippen molar-refractivity contribution in [2.45, 2.75) is 24.9 Å². The van der Waals surface area contributed by atoms with Gasteiger partial charge in [0, 0.05) is 6.54 Å². The topological polar surface area (TPSA) is 72.6 Å². The zero-order valence-electron chi connectivity index (χ0n) is 8.81. The van der Waals surface area contributed by atoms with Gasteiger partial charge in [-0.25, -0.2) is 0 Å². The van der Waals surface area contributed by atoms with Crippen LogP contribution < -0.4 is 5.73 Å². The van der Waals surface area contributed by atoms with Crippen LogP contribution in [0.1, 0.15) is 12.8 Å². The molecule has 5 heteroatoms. The Morgan fingerprint density at radius 3 is 2.60 bits per heavy atom. The van der Waals surface area contributed by atoms with Gasteiger partial charge in [-0.05, 0) is 12.8 Å². The molecule has 1 aliphatic rings. The second kappa shape index (κ2) is 4.93. The lowest BCUT2D eigenvalue weighted by atomic mass is 10.2. The zero-order chi connectivity index (χ0) is 11.4. The summed E-state index contributed by atoms with van der Waals surface area (Å²) in [6.07, 6.45) is 2.86. The number of hydrogen-bond donors (Lipinski definition) is 1. The van der Waals surface area contributed by atoms with Crippen molar-refractivity contribution in [3.8, 4) is 0 Å². The normalized spacial score (nSPS) is 26.2. The molecule has 2 N–H and O–H groups in total. The van der Waals surface area contributed by atoms with Crippen LogP contribution in [-0.4, -0.2) is 42.5 Å². The first-order valence-electron chi connectivity index (χ1n) is 4.85. The maximum atomic E-state index is 11.4. The molecule has 0 saturated carbocycles. The Hall–Kier alpha value is -1.36. The van der Waals surface area contributed by atoms with Gasteiger partial charge in [0.2, 0.25) is 5.91 Å². The highest BCUT2D eigenvalue weighted by Gasteiger charge is 2.40. The highest BCUT2D eigenvalue weighted by Crippen LogP contribution is 2.24. The molecule has 1 fully saturated rings. The largest absolute Gasteiger partial charge is 0.468 e. The Morgan fingerprint density at radius 2 is 2.13 bits per heavy atom. The number of methoxy groups -OCH3 is 1. The molecule has 1 aliphatic heterocycles. The number of primary amides is 1. The van der Waals surface area contributed by atoms with E-state index in [2.05, 4.69) is 11.3 Å². The van der Waals surface area contributed by atoms with E-state index >= 15 is 0 Å². The van der Waals surface area contributed by atoms with Gasteiger partial charge in [0.15, 0.2) is 0 Å². The Labute approximate surface area is 88.9 Å². The molecule has 0 unspecified atom stereocenters. The summed E-state index contributed by atoms with van der Waals surface area (Å²) in [5.41, 5.74) is 5.26. The summed E-state index contributed by atoms with van der Waals surface area (Å²) >= 11 is 0. The second-order valence-corrected chi connectivity index (χ2v) is 3.52. The standard InChI is InChI=1S/C10H16N2O3/c1-3-6-12-7(9(11)13)4-5-8(12)10(14)15-2/h3,7-8H,1,4-6H2,2H3,(H2,11,13)/t7-,8-/m1/s1. The Kier molecular flexibility index (Phi) is 3.85. The monoisotopic (exact) mass is 212 g/mol. The summed E-state index contributed by atoms with van der Waals surface area (Å²) < 4.78 is 4.67. The van der Waals surface area contributed by atoms with Crippen LogP contribution in [0.25, 0.3) is 0 Å². The molecule has 0 spiro atoms. The van der Waals surface area contributed by atoms with Gasteiger partial charge in [-0.15, -0.1) is 6.58 Å². The lowest BCUT2D eigenvalue weighted by molar-refractivity contribution is -0.146. The third-order valence-corrected chi connectivity index (χ3v) is 2.66. The average Bonchev–Trinajstić information content (AvgIpc) is 2.61. The quantitative estimate of drug-likeness (QED) is 0.511. The smallest absolute Gasteiger partial charge is 0.323 e. The molecule has 15 heavy (non-hydrogen) atoms. The van der Waals surface area contributed by atoms with Crippen LogP contribution in [-0.2, 0) is 14.3 Å². The van der Waals surface area contributed by atoms with Gasteiger partial charge in [0.05, 0.1) is 13.2 Å². The van der Waals surface area contributed by atoms with Crippen LogP contribution >= 0.6 is 0 Å². The predicted octanol–water partition coefficient (Wildman–Crippen LogP) is -0.336. The van der Waals surface area contributed by atoms with Gasteiger partial charge in [-0.3, -0.25) is 14.5 Å². The highest BCUT2D eigenvalue weighted by molar-refractivity contribution is 5.83. The van der Waals surface area contributed by atoms with Crippen LogP contribution in [0.15, 0.2) is 12.7 Å². The van der Waals surface area contributed by atoms with E-state index in [4.69, 9.17) is 5.73 Å². The number of hydrogen-bond acceptors (Lipinski definition) is 4. The van der Waals surface area contributed by atoms with Crippen LogP contribution in [0.3, 0.4) is 0 Å². The Balaban J connectivity index is 2.78. The molecule has 0 bridgehead atoms. The van der Waals surface area contributed by atoms with Gasteiger partial charge in [-0.1, -0.05) is 6.08 Å². The molecule has 0 aromatic rings. The molecular weight excluding hydrogens is 196 g/mol. The van der Waals surface area contributed by atoms with Crippen LogP contribution in [0.5, 0.6) is 0 Å². The summed E-state index contributed by atoms with van der Waals surface area (Å²) in [5, 5.41) is 0. The molecule has 84 valence electrons. The van der Waals surface area contributed by atoms with Crippen molar-refractivity contribution in [3.05, 3.63) is 12.7 Å². The van der Waals surface area contributed by atoms with E-state index in [-0.39, 0.29) is 18.1 Å². The summed E-state index contributed by atoms with van der Waals surface area (Å²) in [6, 6.07) is -0.752. The fourth-order valence-electron chi connectivity index (χ4n) is 1.96. The number of ether oxygens (including phenoxy) is 1. The minimum atomic E-state index is -0.400. The Bertz CT molecular complexity index is 278. The first-order chi connectivity index (χ1) is 7.11. The lowest BCUT2D eigenvalue weighted by Gasteiger charge is -2.25. The number of carbonyl (C=O) groups is 2. The van der Waals surface area contributed by atoms with Crippen molar-refractivity contribution in [2.24, 2.45) is 5.73 Å². The SMILES string of the molecule is C=CCN1[C@@H](C(N)=O)CC[C@@H]1C(=O)OC. The van der Waals surface area contributed by atoms with Crippen LogP contribution in [0.4, 0.5) is 0 Å². The molecule has 1 rings (SSSR count). The summed E-state index contributed by atoms with van der Waals surface area (Å²) in [7, 11) is 1.34. The van der Waals surface area contributed by atoms with Crippen molar-refractivity contribution in [1.82, 2.24) is 4.90 Å². The van der Waals surface area contributed by atoms with Gasteiger partial charge in [-0.2, -0.15) is 0 Å². The number of rotatable bonds is 4. The number of amides is 1.